The van der Waals surface area contributed by atoms with E-state index in [1.54, 1.807) is 26.2 Å². The van der Waals surface area contributed by atoms with Crippen molar-refractivity contribution in [2.24, 2.45) is 0 Å². The Morgan fingerprint density at radius 2 is 1.97 bits per heavy atom. The van der Waals surface area contributed by atoms with Crippen molar-refractivity contribution in [3.05, 3.63) is 41.4 Å². The minimum Gasteiger partial charge on any atom is -0.460 e. The summed E-state index contributed by atoms with van der Waals surface area (Å²) < 4.78 is 18.5. The summed E-state index contributed by atoms with van der Waals surface area (Å²) in [6.07, 6.45) is -0.0819. The number of aliphatic hydroxyl groups is 1. The van der Waals surface area contributed by atoms with Crippen molar-refractivity contribution in [1.82, 2.24) is 15.2 Å². The number of thiazole rings is 1. The van der Waals surface area contributed by atoms with Gasteiger partial charge < -0.3 is 20.1 Å². The second kappa shape index (κ2) is 11.7. The first-order valence-corrected chi connectivity index (χ1v) is 12.5. The molecule has 8 nitrogen and oxygen atoms in total. The number of piperidine rings is 1. The summed E-state index contributed by atoms with van der Waals surface area (Å²) >= 11 is 1.35. The normalized spacial score (nSPS) is 18.0. The Kier molecular flexibility index (Phi) is 8.96. The van der Waals surface area contributed by atoms with E-state index in [0.717, 1.165) is 18.4 Å². The van der Waals surface area contributed by atoms with Gasteiger partial charge in [-0.3, -0.25) is 14.4 Å². The minimum absolute atomic E-state index is 0.252. The molecule has 3 unspecified atom stereocenters. The zero-order valence-corrected chi connectivity index (χ0v) is 21.0. The number of hydrogen-bond acceptors (Lipinski definition) is 7. The Balaban J connectivity index is 1.72. The van der Waals surface area contributed by atoms with Gasteiger partial charge in [-0.25, -0.2) is 9.37 Å². The molecule has 2 aromatic rings. The van der Waals surface area contributed by atoms with E-state index in [9.17, 15) is 23.9 Å². The number of benzene rings is 1. The molecule has 0 bridgehead atoms. The third-order valence-corrected chi connectivity index (χ3v) is 6.46. The van der Waals surface area contributed by atoms with Crippen molar-refractivity contribution in [2.75, 3.05) is 13.2 Å². The lowest BCUT2D eigenvalue weighted by atomic mass is 9.99. The standard InChI is InChI=1S/C25H32FN3O5S/c1-25(2,3)34-21(31)13-17(20(30)14-26)27-22(32)19-11-7-8-12-29(19)24(33)18-15-35-23(28-18)16-9-5-4-6-10-16/h4-6,9-10,15,17,19-20,30H,7-8,11-14H2,1-3H3,(H,27,32). The van der Waals surface area contributed by atoms with Crippen LogP contribution >= 0.6 is 11.3 Å². The maximum Gasteiger partial charge on any atom is 0.308 e. The van der Waals surface area contributed by atoms with Gasteiger partial charge in [-0.1, -0.05) is 30.3 Å². The van der Waals surface area contributed by atoms with Crippen LogP contribution in [0, 0.1) is 0 Å². The topological polar surface area (TPSA) is 109 Å². The molecule has 0 aliphatic carbocycles. The molecule has 2 amide bonds. The summed E-state index contributed by atoms with van der Waals surface area (Å²) in [7, 11) is 0. The lowest BCUT2D eigenvalue weighted by Crippen LogP contribution is -2.56. The van der Waals surface area contributed by atoms with Gasteiger partial charge in [0.05, 0.1) is 12.5 Å². The van der Waals surface area contributed by atoms with E-state index in [0.29, 0.717) is 18.0 Å². The SMILES string of the molecule is CC(C)(C)OC(=O)CC(NC(=O)C1CCCCN1C(=O)c1csc(-c2ccccc2)n1)C(O)CF. The molecule has 35 heavy (non-hydrogen) atoms. The minimum atomic E-state index is -1.58. The monoisotopic (exact) mass is 505 g/mol. The highest BCUT2D eigenvalue weighted by molar-refractivity contribution is 7.13. The zero-order chi connectivity index (χ0) is 25.6. The molecular weight excluding hydrogens is 473 g/mol. The largest absolute Gasteiger partial charge is 0.460 e. The van der Waals surface area contributed by atoms with E-state index in [2.05, 4.69) is 10.3 Å². The molecular formula is C25H32FN3O5S. The molecule has 190 valence electrons. The number of nitrogens with one attached hydrogen (secondary N) is 1. The van der Waals surface area contributed by atoms with Crippen LogP contribution in [0.15, 0.2) is 35.7 Å². The Bertz CT molecular complexity index is 1020. The summed E-state index contributed by atoms with van der Waals surface area (Å²) in [5.74, 6) is -1.57. The van der Waals surface area contributed by atoms with Crippen LogP contribution in [0.1, 0.15) is 56.9 Å². The smallest absolute Gasteiger partial charge is 0.308 e. The zero-order valence-electron chi connectivity index (χ0n) is 20.2. The van der Waals surface area contributed by atoms with Crippen molar-refractivity contribution in [3.63, 3.8) is 0 Å². The maximum atomic E-state index is 13.3. The van der Waals surface area contributed by atoms with Gasteiger partial charge in [0, 0.05) is 17.5 Å². The van der Waals surface area contributed by atoms with Crippen LogP contribution in [-0.4, -0.2) is 69.8 Å². The van der Waals surface area contributed by atoms with Gasteiger partial charge in [-0.2, -0.15) is 0 Å². The molecule has 10 heteroatoms. The number of ether oxygens (including phenoxy) is 1. The van der Waals surface area contributed by atoms with Gasteiger partial charge in [0.15, 0.2) is 0 Å². The van der Waals surface area contributed by atoms with Crippen molar-refractivity contribution < 1.29 is 28.6 Å². The Labute approximate surface area is 208 Å². The van der Waals surface area contributed by atoms with E-state index in [4.69, 9.17) is 4.74 Å². The number of aliphatic hydroxyl groups excluding tert-OH is 1. The van der Waals surface area contributed by atoms with E-state index in [-0.39, 0.29) is 18.0 Å². The van der Waals surface area contributed by atoms with Crippen molar-refractivity contribution in [3.8, 4) is 10.6 Å². The van der Waals surface area contributed by atoms with E-state index in [1.807, 2.05) is 30.3 Å². The van der Waals surface area contributed by atoms with E-state index < -0.39 is 42.3 Å². The first kappa shape index (κ1) is 26.7. The fourth-order valence-corrected chi connectivity index (χ4v) is 4.71. The highest BCUT2D eigenvalue weighted by Crippen LogP contribution is 2.26. The molecule has 0 radical (unpaired) electrons. The average Bonchev–Trinajstić information content (AvgIpc) is 3.32. The van der Waals surface area contributed by atoms with Crippen LogP contribution in [0.5, 0.6) is 0 Å². The average molecular weight is 506 g/mol. The van der Waals surface area contributed by atoms with Crippen molar-refractivity contribution in [2.45, 2.75) is 70.2 Å². The van der Waals surface area contributed by atoms with Crippen LogP contribution in [0.2, 0.25) is 0 Å². The summed E-state index contributed by atoms with van der Waals surface area (Å²) in [6, 6.07) is 7.51. The number of nitrogens with zero attached hydrogens (tertiary/aromatic N) is 2. The molecule has 1 fully saturated rings. The van der Waals surface area contributed by atoms with Crippen LogP contribution < -0.4 is 5.32 Å². The van der Waals surface area contributed by atoms with E-state index in [1.165, 1.54) is 16.2 Å². The van der Waals surface area contributed by atoms with Gasteiger partial charge in [-0.15, -0.1) is 11.3 Å². The second-order valence-electron chi connectivity index (χ2n) is 9.54. The lowest BCUT2D eigenvalue weighted by Gasteiger charge is -2.35. The predicted octanol–water partition coefficient (Wildman–Crippen LogP) is 3.35. The van der Waals surface area contributed by atoms with Crippen LogP contribution in [-0.2, 0) is 14.3 Å². The van der Waals surface area contributed by atoms with Gasteiger partial charge in [0.25, 0.3) is 5.91 Å². The fraction of sp³-hybridized carbons (Fsp3) is 0.520. The predicted molar refractivity (Wildman–Crippen MR) is 131 cm³/mol. The van der Waals surface area contributed by atoms with Gasteiger partial charge in [-0.05, 0) is 40.0 Å². The number of hydrogen-bond donors (Lipinski definition) is 2. The van der Waals surface area contributed by atoms with Crippen LogP contribution in [0.25, 0.3) is 10.6 Å². The molecule has 1 aromatic carbocycles. The molecule has 3 atom stereocenters. The highest BCUT2D eigenvalue weighted by Gasteiger charge is 2.36. The third-order valence-electron chi connectivity index (χ3n) is 5.57. The molecule has 0 spiro atoms. The van der Waals surface area contributed by atoms with Crippen LogP contribution in [0.4, 0.5) is 4.39 Å². The van der Waals surface area contributed by atoms with Gasteiger partial charge >= 0.3 is 5.97 Å². The first-order chi connectivity index (χ1) is 16.6. The molecule has 2 heterocycles. The molecule has 2 N–H and O–H groups in total. The lowest BCUT2D eigenvalue weighted by molar-refractivity contribution is -0.156. The van der Waals surface area contributed by atoms with Gasteiger partial charge in [0.1, 0.15) is 35.1 Å². The second-order valence-corrected chi connectivity index (χ2v) is 10.4. The summed E-state index contributed by atoms with van der Waals surface area (Å²) in [4.78, 5) is 44.6. The van der Waals surface area contributed by atoms with E-state index >= 15 is 0 Å². The fourth-order valence-electron chi connectivity index (χ4n) is 3.91. The number of carbonyl (C=O) groups excluding carboxylic acids is 3. The summed E-state index contributed by atoms with van der Waals surface area (Å²) in [5.41, 5.74) is 0.391. The molecule has 0 saturated carbocycles. The molecule has 1 saturated heterocycles. The molecule has 1 aliphatic heterocycles. The quantitative estimate of drug-likeness (QED) is 0.533. The number of rotatable bonds is 8. The molecule has 1 aromatic heterocycles. The summed E-state index contributed by atoms with van der Waals surface area (Å²) in [5, 5.41) is 15.0. The number of halogens is 1. The van der Waals surface area contributed by atoms with Crippen molar-refractivity contribution >= 4 is 29.1 Å². The molecule has 3 rings (SSSR count). The van der Waals surface area contributed by atoms with Crippen molar-refractivity contribution in [1.29, 1.82) is 0 Å². The maximum absolute atomic E-state index is 13.3. The summed E-state index contributed by atoms with van der Waals surface area (Å²) in [6.45, 7) is 4.31. The number of amides is 2. The first-order valence-electron chi connectivity index (χ1n) is 11.7. The molecule has 1 aliphatic rings. The third kappa shape index (κ3) is 7.32. The Hall–Kier alpha value is -2.85. The number of carbonyl (C=O) groups is 3. The Morgan fingerprint density at radius 3 is 2.63 bits per heavy atom. The number of aromatic nitrogens is 1. The van der Waals surface area contributed by atoms with Gasteiger partial charge in [0.2, 0.25) is 5.91 Å². The number of alkyl halides is 1. The number of likely N-dealkylation sites (tertiary alicyclic amines) is 1. The van der Waals surface area contributed by atoms with Crippen LogP contribution in [0.3, 0.4) is 0 Å². The Morgan fingerprint density at radius 1 is 1.26 bits per heavy atom. The number of esters is 1. The highest BCUT2D eigenvalue weighted by atomic mass is 32.1.